The van der Waals surface area contributed by atoms with E-state index in [-0.39, 0.29) is 6.61 Å². The van der Waals surface area contributed by atoms with Gasteiger partial charge in [-0.1, -0.05) is 49.7 Å². The summed E-state index contributed by atoms with van der Waals surface area (Å²) in [5, 5.41) is 25.8. The first kappa shape index (κ1) is 27.1. The number of unbranched alkanes of at least 4 members (excludes halogenated alkanes) is 1. The molecular formula is C32H27BrN8O2. The first-order chi connectivity index (χ1) is 21.1. The smallest absolute Gasteiger partial charge is 0.205 e. The Labute approximate surface area is 255 Å². The molecule has 5 aromatic heterocycles. The zero-order valence-electron chi connectivity index (χ0n) is 23.3. The Morgan fingerprint density at radius 1 is 0.977 bits per heavy atom. The lowest BCUT2D eigenvalue weighted by Crippen LogP contribution is -2.07. The Balaban J connectivity index is 1.31. The van der Waals surface area contributed by atoms with Crippen molar-refractivity contribution in [3.8, 4) is 34.0 Å². The third-order valence-corrected chi connectivity index (χ3v) is 8.30. The minimum Gasteiger partial charge on any atom is -0.455 e. The van der Waals surface area contributed by atoms with Gasteiger partial charge in [0, 0.05) is 34.7 Å². The number of tetrazole rings is 1. The third-order valence-electron chi connectivity index (χ3n) is 7.51. The molecule has 0 aliphatic rings. The minimum atomic E-state index is -0.195. The largest absolute Gasteiger partial charge is 0.455 e. The van der Waals surface area contributed by atoms with Crippen LogP contribution < -0.4 is 0 Å². The van der Waals surface area contributed by atoms with E-state index in [1.54, 1.807) is 6.20 Å². The Bertz CT molecular complexity index is 2050. The lowest BCUT2D eigenvalue weighted by atomic mass is 10.0. The second-order valence-electron chi connectivity index (χ2n) is 10.3. The van der Waals surface area contributed by atoms with Gasteiger partial charge in [0.15, 0.2) is 5.65 Å². The molecule has 2 aromatic carbocycles. The van der Waals surface area contributed by atoms with E-state index in [2.05, 4.69) is 65.2 Å². The Morgan fingerprint density at radius 3 is 2.60 bits per heavy atom. The van der Waals surface area contributed by atoms with E-state index < -0.39 is 0 Å². The fourth-order valence-corrected chi connectivity index (χ4v) is 6.01. The van der Waals surface area contributed by atoms with Crippen LogP contribution >= 0.6 is 15.9 Å². The monoisotopic (exact) mass is 634 g/mol. The molecule has 214 valence electrons. The van der Waals surface area contributed by atoms with Gasteiger partial charge < -0.3 is 14.1 Å². The summed E-state index contributed by atoms with van der Waals surface area (Å²) in [7, 11) is 0. The second-order valence-corrected chi connectivity index (χ2v) is 11.1. The summed E-state index contributed by atoms with van der Waals surface area (Å²) < 4.78 is 9.36. The predicted octanol–water partition coefficient (Wildman–Crippen LogP) is 6.73. The van der Waals surface area contributed by atoms with E-state index in [9.17, 15) is 5.11 Å². The number of nitrogens with one attached hydrogen (secondary N) is 1. The lowest BCUT2D eigenvalue weighted by molar-refractivity contribution is 0.277. The van der Waals surface area contributed by atoms with Gasteiger partial charge in [-0.05, 0) is 63.5 Å². The van der Waals surface area contributed by atoms with Gasteiger partial charge in [0.1, 0.15) is 22.7 Å². The molecular weight excluding hydrogens is 608 g/mol. The summed E-state index contributed by atoms with van der Waals surface area (Å²) in [4.78, 5) is 14.4. The average molecular weight is 636 g/mol. The number of imidazole rings is 1. The van der Waals surface area contributed by atoms with Crippen molar-refractivity contribution in [2.24, 2.45) is 0 Å². The molecule has 10 nitrogen and oxygen atoms in total. The van der Waals surface area contributed by atoms with Crippen LogP contribution in [0, 0.1) is 0 Å². The molecule has 7 rings (SSSR count). The number of nitrogens with zero attached hydrogens (tertiary/aromatic N) is 7. The highest BCUT2D eigenvalue weighted by atomic mass is 79.9. The van der Waals surface area contributed by atoms with Crippen LogP contribution in [-0.4, -0.2) is 45.2 Å². The highest BCUT2D eigenvalue weighted by Gasteiger charge is 2.21. The fourth-order valence-electron chi connectivity index (χ4n) is 5.41. The maximum Gasteiger partial charge on any atom is 0.205 e. The molecule has 0 saturated heterocycles. The number of aromatic nitrogens is 8. The zero-order valence-corrected chi connectivity index (χ0v) is 24.9. The van der Waals surface area contributed by atoms with Crippen molar-refractivity contribution in [2.45, 2.75) is 39.3 Å². The van der Waals surface area contributed by atoms with Gasteiger partial charge in [-0.25, -0.2) is 9.97 Å². The minimum absolute atomic E-state index is 0.195. The summed E-state index contributed by atoms with van der Waals surface area (Å²) in [5.41, 5.74) is 7.18. The number of aliphatic hydroxyl groups excluding tert-OH is 1. The van der Waals surface area contributed by atoms with Crippen molar-refractivity contribution in [2.75, 3.05) is 0 Å². The standard InChI is InChI=1S/C32H27BrN8O2/c1-2-3-11-28-35-25-16-22(24-10-6-7-14-34-24)26(18-42)36-32(25)41(28)17-19-12-13-27-23(15-19)29(33)30(43-27)20-8-4-5-9-21(20)31-37-39-40-38-31/h4-10,12-16,42H,2-3,11,17-18H2,1H3,(H,37,38,39,40). The van der Waals surface area contributed by atoms with E-state index in [0.717, 1.165) is 79.6 Å². The van der Waals surface area contributed by atoms with Crippen LogP contribution in [0.1, 0.15) is 36.8 Å². The van der Waals surface area contributed by atoms with Crippen molar-refractivity contribution < 1.29 is 9.52 Å². The number of benzene rings is 2. The van der Waals surface area contributed by atoms with Crippen molar-refractivity contribution >= 4 is 38.1 Å². The number of aliphatic hydroxyl groups is 1. The number of hydrogen-bond donors (Lipinski definition) is 2. The van der Waals surface area contributed by atoms with Gasteiger partial charge in [0.05, 0.1) is 29.0 Å². The average Bonchev–Trinajstić information content (AvgIpc) is 3.78. The van der Waals surface area contributed by atoms with E-state index in [1.165, 1.54) is 0 Å². The number of hydrogen-bond acceptors (Lipinski definition) is 8. The van der Waals surface area contributed by atoms with Crippen LogP contribution in [-0.2, 0) is 19.6 Å². The van der Waals surface area contributed by atoms with Crippen LogP contribution in [0.2, 0.25) is 0 Å². The van der Waals surface area contributed by atoms with Gasteiger partial charge >= 0.3 is 0 Å². The molecule has 0 aliphatic carbocycles. The number of fused-ring (bicyclic) bond motifs is 2. The summed E-state index contributed by atoms with van der Waals surface area (Å²) in [6.45, 7) is 2.55. The first-order valence-corrected chi connectivity index (χ1v) is 14.9. The molecule has 2 N–H and O–H groups in total. The van der Waals surface area contributed by atoms with Crippen molar-refractivity contribution in [1.29, 1.82) is 0 Å². The highest BCUT2D eigenvalue weighted by molar-refractivity contribution is 9.10. The fraction of sp³-hybridized carbons (Fsp3) is 0.188. The number of aryl methyl sites for hydroxylation is 1. The van der Waals surface area contributed by atoms with Gasteiger partial charge in [-0.3, -0.25) is 4.98 Å². The van der Waals surface area contributed by atoms with E-state index in [1.807, 2.05) is 54.6 Å². The first-order valence-electron chi connectivity index (χ1n) is 14.1. The van der Waals surface area contributed by atoms with E-state index >= 15 is 0 Å². The third kappa shape index (κ3) is 5.00. The van der Waals surface area contributed by atoms with Crippen LogP contribution in [0.5, 0.6) is 0 Å². The topological polar surface area (TPSA) is 131 Å². The molecule has 5 heterocycles. The molecule has 0 aliphatic heterocycles. The summed E-state index contributed by atoms with van der Waals surface area (Å²) in [6, 6.07) is 21.7. The highest BCUT2D eigenvalue weighted by Crippen LogP contribution is 2.41. The molecule has 7 aromatic rings. The van der Waals surface area contributed by atoms with Gasteiger partial charge in [-0.2, -0.15) is 5.21 Å². The number of H-pyrrole nitrogens is 1. The summed E-state index contributed by atoms with van der Waals surface area (Å²) >= 11 is 3.81. The molecule has 43 heavy (non-hydrogen) atoms. The number of rotatable bonds is 9. The van der Waals surface area contributed by atoms with Crippen LogP contribution in [0.4, 0.5) is 0 Å². The quantitative estimate of drug-likeness (QED) is 0.179. The SMILES string of the molecule is CCCCc1nc2cc(-c3ccccn3)c(CO)nc2n1Cc1ccc2oc(-c3ccccc3-c3nn[nH]n3)c(Br)c2c1. The number of furan rings is 1. The summed E-state index contributed by atoms with van der Waals surface area (Å²) in [6.07, 6.45) is 4.64. The second kappa shape index (κ2) is 11.5. The Morgan fingerprint density at radius 2 is 1.84 bits per heavy atom. The van der Waals surface area contributed by atoms with E-state index in [0.29, 0.717) is 23.8 Å². The normalized spacial score (nSPS) is 11.6. The Hall–Kier alpha value is -4.74. The van der Waals surface area contributed by atoms with Crippen LogP contribution in [0.15, 0.2) is 81.8 Å². The molecule has 0 amide bonds. The van der Waals surface area contributed by atoms with Crippen molar-refractivity contribution in [1.82, 2.24) is 40.1 Å². The van der Waals surface area contributed by atoms with Gasteiger partial charge in [0.25, 0.3) is 0 Å². The zero-order chi connectivity index (χ0) is 29.3. The summed E-state index contributed by atoms with van der Waals surface area (Å²) in [5.74, 6) is 2.16. The van der Waals surface area contributed by atoms with Crippen molar-refractivity contribution in [3.63, 3.8) is 0 Å². The molecule has 0 spiro atoms. The van der Waals surface area contributed by atoms with Gasteiger partial charge in [-0.15, -0.1) is 10.2 Å². The Kier molecular flexibility index (Phi) is 7.25. The number of aromatic amines is 1. The van der Waals surface area contributed by atoms with E-state index in [4.69, 9.17) is 14.4 Å². The molecule has 0 radical (unpaired) electrons. The maximum absolute atomic E-state index is 10.2. The van der Waals surface area contributed by atoms with Crippen LogP contribution in [0.3, 0.4) is 0 Å². The van der Waals surface area contributed by atoms with Gasteiger partial charge in [0.2, 0.25) is 5.82 Å². The predicted molar refractivity (Wildman–Crippen MR) is 167 cm³/mol. The molecule has 11 heteroatoms. The molecule has 0 bridgehead atoms. The molecule has 0 fully saturated rings. The lowest BCUT2D eigenvalue weighted by Gasteiger charge is -2.11. The maximum atomic E-state index is 10.2. The molecule has 0 unspecified atom stereocenters. The number of pyridine rings is 2. The van der Waals surface area contributed by atoms with Crippen molar-refractivity contribution in [3.05, 3.63) is 94.5 Å². The number of halogens is 1. The molecule has 0 saturated carbocycles. The van der Waals surface area contributed by atoms with Crippen LogP contribution in [0.25, 0.3) is 56.1 Å². The molecule has 0 atom stereocenters.